The molecule has 0 bridgehead atoms. The lowest BCUT2D eigenvalue weighted by molar-refractivity contribution is -0.143. The van der Waals surface area contributed by atoms with Crippen LogP contribution in [0.4, 0.5) is 0 Å². The third kappa shape index (κ3) is 61.7. The molecule has 0 saturated carbocycles. The molecule has 0 aliphatic heterocycles. The highest BCUT2D eigenvalue weighted by atomic mass is 16.5. The summed E-state index contributed by atoms with van der Waals surface area (Å²) in [7, 11) is 0. The Morgan fingerprint density at radius 3 is 0.960 bits per heavy atom. The van der Waals surface area contributed by atoms with Crippen molar-refractivity contribution in [2.45, 2.75) is 405 Å². The second-order valence-electron chi connectivity index (χ2n) is 23.9. The van der Waals surface area contributed by atoms with Crippen LogP contribution in [0.1, 0.15) is 393 Å². The van der Waals surface area contributed by atoms with Gasteiger partial charge >= 0.3 is 5.97 Å². The normalized spacial score (nSPS) is 12.5. The molecule has 2 atom stereocenters. The summed E-state index contributed by atoms with van der Waals surface area (Å²) in [4.78, 5) is 24.5. The molecule has 0 fully saturated rings. The summed E-state index contributed by atoms with van der Waals surface area (Å²) in [5, 5.41) is 23.2. The van der Waals surface area contributed by atoms with Crippen molar-refractivity contribution < 1.29 is 24.5 Å². The average Bonchev–Trinajstić information content (AvgIpc) is 3.41. The quantitative estimate of drug-likeness (QED) is 0.0320. The number of esters is 1. The fourth-order valence-electron chi connectivity index (χ4n) is 11.1. The Bertz CT molecular complexity index is 1130. The van der Waals surface area contributed by atoms with Crippen molar-refractivity contribution in [2.75, 3.05) is 13.2 Å². The number of carbonyl (C=O) groups excluding carboxylic acids is 2. The minimum atomic E-state index is -0.657. The maximum atomic E-state index is 12.4. The van der Waals surface area contributed by atoms with Gasteiger partial charge in [0.1, 0.15) is 0 Å². The summed E-state index contributed by atoms with van der Waals surface area (Å²) >= 11 is 0. The summed E-state index contributed by atoms with van der Waals surface area (Å²) in [6.45, 7) is 4.95. The maximum Gasteiger partial charge on any atom is 0.305 e. The number of hydrogen-bond acceptors (Lipinski definition) is 5. The van der Waals surface area contributed by atoms with Gasteiger partial charge in [0.15, 0.2) is 0 Å². The largest absolute Gasteiger partial charge is 0.466 e. The first-order valence-corrected chi connectivity index (χ1v) is 34.4. The zero-order valence-electron chi connectivity index (χ0n) is 51.1. The van der Waals surface area contributed by atoms with Crippen molar-refractivity contribution in [3.8, 4) is 0 Å². The molecular weight excluding hydrogens is 923 g/mol. The summed E-state index contributed by atoms with van der Waals surface area (Å²) in [6.07, 6.45) is 79.9. The SMILES string of the molecule is CCCCCC/C=C\CCCCCCCC(=O)OCCCCCCCCCCCCCCCCCCCCCCCCCCCCCCCCCCCCCC(=O)NC(CO)C(O)CCCCCCCCCCCC. The first-order valence-electron chi connectivity index (χ1n) is 34.4. The number of nitrogens with one attached hydrogen (secondary N) is 1. The van der Waals surface area contributed by atoms with Gasteiger partial charge < -0.3 is 20.3 Å². The number of aliphatic hydroxyl groups excluding tert-OH is 2. The standard InChI is InChI=1S/C69H135NO5/c1-3-5-7-9-11-13-15-39-43-47-51-55-59-63-69(74)75-64-60-56-52-48-44-41-38-36-34-32-30-28-26-24-22-20-18-16-17-19-21-23-25-27-29-31-33-35-37-40-42-46-50-54-58-62-68(73)70-66(65-71)67(72)61-57-53-49-45-14-12-10-8-6-4-2/h13,15,66-67,71-72H,3-12,14,16-65H2,1-2H3,(H,70,73)/b15-13-. The van der Waals surface area contributed by atoms with Crippen LogP contribution in [0.5, 0.6) is 0 Å². The van der Waals surface area contributed by atoms with E-state index in [9.17, 15) is 19.8 Å². The molecule has 0 aromatic rings. The fraction of sp³-hybridized carbons (Fsp3) is 0.942. The molecule has 2 unspecified atom stereocenters. The van der Waals surface area contributed by atoms with Gasteiger partial charge in [-0.05, 0) is 51.4 Å². The van der Waals surface area contributed by atoms with Gasteiger partial charge in [-0.3, -0.25) is 9.59 Å². The summed E-state index contributed by atoms with van der Waals surface area (Å²) in [6, 6.07) is -0.534. The molecule has 6 nitrogen and oxygen atoms in total. The maximum absolute atomic E-state index is 12.4. The molecule has 0 aromatic heterocycles. The van der Waals surface area contributed by atoms with Gasteiger partial charge in [-0.25, -0.2) is 0 Å². The van der Waals surface area contributed by atoms with E-state index >= 15 is 0 Å². The van der Waals surface area contributed by atoms with E-state index in [1.165, 1.54) is 315 Å². The summed E-state index contributed by atoms with van der Waals surface area (Å²) in [5.74, 6) is -0.0154. The smallest absolute Gasteiger partial charge is 0.305 e. The molecule has 3 N–H and O–H groups in total. The van der Waals surface area contributed by atoms with Crippen molar-refractivity contribution in [3.05, 3.63) is 12.2 Å². The van der Waals surface area contributed by atoms with Gasteiger partial charge in [0.05, 0.1) is 25.4 Å². The van der Waals surface area contributed by atoms with Crippen LogP contribution in [-0.2, 0) is 14.3 Å². The van der Waals surface area contributed by atoms with Crippen LogP contribution in [0.3, 0.4) is 0 Å². The van der Waals surface area contributed by atoms with Gasteiger partial charge in [-0.2, -0.15) is 0 Å². The van der Waals surface area contributed by atoms with Crippen LogP contribution in [0.15, 0.2) is 12.2 Å². The predicted octanol–water partition coefficient (Wildman–Crippen LogP) is 22.0. The van der Waals surface area contributed by atoms with Crippen LogP contribution >= 0.6 is 0 Å². The molecule has 0 aliphatic rings. The van der Waals surface area contributed by atoms with Crippen molar-refractivity contribution >= 4 is 11.9 Å². The van der Waals surface area contributed by atoms with Gasteiger partial charge in [0.25, 0.3) is 0 Å². The van der Waals surface area contributed by atoms with Gasteiger partial charge in [0, 0.05) is 12.8 Å². The number of hydrogen-bond donors (Lipinski definition) is 3. The molecular formula is C69H135NO5. The Morgan fingerprint density at radius 2 is 0.627 bits per heavy atom. The monoisotopic (exact) mass is 1060 g/mol. The van der Waals surface area contributed by atoms with Crippen LogP contribution < -0.4 is 5.32 Å². The lowest BCUT2D eigenvalue weighted by atomic mass is 10.0. The molecule has 0 radical (unpaired) electrons. The Labute approximate surface area is 469 Å². The van der Waals surface area contributed by atoms with Crippen molar-refractivity contribution in [1.82, 2.24) is 5.32 Å². The van der Waals surface area contributed by atoms with E-state index in [2.05, 4.69) is 31.3 Å². The van der Waals surface area contributed by atoms with Crippen molar-refractivity contribution in [3.63, 3.8) is 0 Å². The predicted molar refractivity (Wildman–Crippen MR) is 329 cm³/mol. The van der Waals surface area contributed by atoms with E-state index in [0.717, 1.165) is 44.9 Å². The molecule has 75 heavy (non-hydrogen) atoms. The van der Waals surface area contributed by atoms with Crippen molar-refractivity contribution in [2.24, 2.45) is 0 Å². The molecule has 0 rings (SSSR count). The van der Waals surface area contributed by atoms with Crippen LogP contribution in [-0.4, -0.2) is 47.4 Å². The molecule has 0 heterocycles. The van der Waals surface area contributed by atoms with Gasteiger partial charge in [-0.15, -0.1) is 0 Å². The third-order valence-corrected chi connectivity index (χ3v) is 16.3. The van der Waals surface area contributed by atoms with E-state index in [1.54, 1.807) is 0 Å². The molecule has 446 valence electrons. The van der Waals surface area contributed by atoms with E-state index in [-0.39, 0.29) is 18.5 Å². The molecule has 1 amide bonds. The highest BCUT2D eigenvalue weighted by Crippen LogP contribution is 2.19. The Balaban J connectivity index is 3.27. The lowest BCUT2D eigenvalue weighted by Gasteiger charge is -2.22. The number of aliphatic hydroxyl groups is 2. The number of rotatable bonds is 65. The Hall–Kier alpha value is -1.40. The third-order valence-electron chi connectivity index (χ3n) is 16.3. The Kier molecular flexibility index (Phi) is 63.9. The zero-order valence-corrected chi connectivity index (χ0v) is 51.1. The first-order chi connectivity index (χ1) is 37.0. The molecule has 6 heteroatoms. The fourth-order valence-corrected chi connectivity index (χ4v) is 11.1. The Morgan fingerprint density at radius 1 is 0.360 bits per heavy atom. The highest BCUT2D eigenvalue weighted by molar-refractivity contribution is 5.76. The minimum Gasteiger partial charge on any atom is -0.466 e. The average molecular weight is 1060 g/mol. The summed E-state index contributed by atoms with van der Waals surface area (Å²) < 4.78 is 5.48. The number of amides is 1. The first kappa shape index (κ1) is 73.6. The van der Waals surface area contributed by atoms with E-state index in [0.29, 0.717) is 25.9 Å². The van der Waals surface area contributed by atoms with E-state index in [4.69, 9.17) is 4.74 Å². The van der Waals surface area contributed by atoms with Crippen LogP contribution in [0.25, 0.3) is 0 Å². The lowest BCUT2D eigenvalue weighted by Crippen LogP contribution is -2.45. The van der Waals surface area contributed by atoms with Gasteiger partial charge in [-0.1, -0.05) is 341 Å². The van der Waals surface area contributed by atoms with Gasteiger partial charge in [0.2, 0.25) is 5.91 Å². The second-order valence-corrected chi connectivity index (χ2v) is 23.9. The molecule has 0 aromatic carbocycles. The topological polar surface area (TPSA) is 95.9 Å². The molecule has 0 spiro atoms. The van der Waals surface area contributed by atoms with Crippen LogP contribution in [0, 0.1) is 0 Å². The highest BCUT2D eigenvalue weighted by Gasteiger charge is 2.20. The summed E-state index contributed by atoms with van der Waals surface area (Å²) in [5.41, 5.74) is 0. The minimum absolute atomic E-state index is 0.0138. The van der Waals surface area contributed by atoms with Crippen molar-refractivity contribution in [1.29, 1.82) is 0 Å². The van der Waals surface area contributed by atoms with E-state index in [1.807, 2.05) is 0 Å². The zero-order chi connectivity index (χ0) is 54.3. The number of allylic oxidation sites excluding steroid dienone is 2. The molecule has 0 aliphatic carbocycles. The molecule has 0 saturated heterocycles. The van der Waals surface area contributed by atoms with Crippen LogP contribution in [0.2, 0.25) is 0 Å². The number of carbonyl (C=O) groups is 2. The number of unbranched alkanes of at least 4 members (excludes halogenated alkanes) is 52. The van der Waals surface area contributed by atoms with E-state index < -0.39 is 12.1 Å². The number of ether oxygens (including phenoxy) is 1. The second kappa shape index (κ2) is 65.1.